The molecule has 0 bridgehead atoms. The highest BCUT2D eigenvalue weighted by Gasteiger charge is 2.20. The summed E-state index contributed by atoms with van der Waals surface area (Å²) in [4.78, 5) is 13.1. The Balaban J connectivity index is 1.58. The molecule has 0 radical (unpaired) electrons. The van der Waals surface area contributed by atoms with E-state index >= 15 is 0 Å². The number of amides is 2. The highest BCUT2D eigenvalue weighted by atomic mass is 16.2. The van der Waals surface area contributed by atoms with Crippen molar-refractivity contribution in [2.45, 2.75) is 32.1 Å². The van der Waals surface area contributed by atoms with Crippen LogP contribution in [0, 0.1) is 5.92 Å². The highest BCUT2D eigenvalue weighted by Crippen LogP contribution is 2.30. The number of hydrogen-bond donors (Lipinski definition) is 1. The second-order valence-electron chi connectivity index (χ2n) is 4.16. The number of carbonyl (C=O) groups is 1. The van der Waals surface area contributed by atoms with E-state index in [0.29, 0.717) is 0 Å². The average Bonchev–Trinajstić information content (AvgIpc) is 2.42. The van der Waals surface area contributed by atoms with E-state index in [1.54, 1.807) is 0 Å². The van der Waals surface area contributed by atoms with E-state index in [9.17, 15) is 4.79 Å². The van der Waals surface area contributed by atoms with E-state index < -0.39 is 0 Å². The summed E-state index contributed by atoms with van der Waals surface area (Å²) in [6, 6.07) is 0.133. The summed E-state index contributed by atoms with van der Waals surface area (Å²) in [5, 5.41) is 2.82. The van der Waals surface area contributed by atoms with Gasteiger partial charge in [0, 0.05) is 19.6 Å². The Labute approximate surface area is 79.5 Å². The van der Waals surface area contributed by atoms with Gasteiger partial charge in [0.15, 0.2) is 0 Å². The monoisotopic (exact) mass is 182 g/mol. The van der Waals surface area contributed by atoms with Crippen molar-refractivity contribution >= 4 is 6.03 Å². The average molecular weight is 182 g/mol. The first-order valence-electron chi connectivity index (χ1n) is 5.39. The van der Waals surface area contributed by atoms with Crippen LogP contribution in [-0.2, 0) is 0 Å². The van der Waals surface area contributed by atoms with Crippen molar-refractivity contribution in [3.63, 3.8) is 0 Å². The van der Waals surface area contributed by atoms with Gasteiger partial charge in [-0.3, -0.25) is 0 Å². The van der Waals surface area contributed by atoms with Crippen molar-refractivity contribution < 1.29 is 4.79 Å². The zero-order valence-electron chi connectivity index (χ0n) is 8.09. The fourth-order valence-electron chi connectivity index (χ4n) is 2.08. The molecule has 0 spiro atoms. The number of urea groups is 1. The van der Waals surface area contributed by atoms with Gasteiger partial charge >= 0.3 is 6.03 Å². The standard InChI is InChI=1S/C10H18N2O/c13-10-11-6-8-12(10)7-2-5-9-3-1-4-9/h9H,1-8H2,(H,11,13). The molecule has 1 N–H and O–H groups in total. The minimum atomic E-state index is 0.133. The molecule has 2 aliphatic rings. The molecule has 1 saturated heterocycles. The summed E-state index contributed by atoms with van der Waals surface area (Å²) in [5.74, 6) is 0.977. The molecular weight excluding hydrogens is 164 g/mol. The maximum Gasteiger partial charge on any atom is 0.317 e. The van der Waals surface area contributed by atoms with E-state index in [-0.39, 0.29) is 6.03 Å². The Morgan fingerprint density at radius 1 is 1.46 bits per heavy atom. The van der Waals surface area contributed by atoms with Crippen LogP contribution >= 0.6 is 0 Å². The van der Waals surface area contributed by atoms with E-state index in [0.717, 1.165) is 25.6 Å². The maximum absolute atomic E-state index is 11.1. The zero-order chi connectivity index (χ0) is 9.10. The normalized spacial score (nSPS) is 23.1. The topological polar surface area (TPSA) is 32.3 Å². The van der Waals surface area contributed by atoms with Crippen molar-refractivity contribution in [2.24, 2.45) is 5.92 Å². The first kappa shape index (κ1) is 8.85. The molecule has 1 aliphatic heterocycles. The van der Waals surface area contributed by atoms with Crippen LogP contribution in [0.15, 0.2) is 0 Å². The smallest absolute Gasteiger partial charge is 0.317 e. The quantitative estimate of drug-likeness (QED) is 0.703. The van der Waals surface area contributed by atoms with E-state index in [1.165, 1.54) is 32.1 Å². The lowest BCUT2D eigenvalue weighted by Crippen LogP contribution is -2.29. The van der Waals surface area contributed by atoms with Crippen LogP contribution in [0.4, 0.5) is 4.79 Å². The summed E-state index contributed by atoms with van der Waals surface area (Å²) in [6.45, 7) is 2.70. The predicted octanol–water partition coefficient (Wildman–Crippen LogP) is 1.59. The Morgan fingerprint density at radius 2 is 2.31 bits per heavy atom. The molecule has 3 nitrogen and oxygen atoms in total. The van der Waals surface area contributed by atoms with Gasteiger partial charge in [-0.1, -0.05) is 19.3 Å². The lowest BCUT2D eigenvalue weighted by molar-refractivity contribution is 0.212. The van der Waals surface area contributed by atoms with Gasteiger partial charge < -0.3 is 10.2 Å². The van der Waals surface area contributed by atoms with Crippen molar-refractivity contribution in [2.75, 3.05) is 19.6 Å². The van der Waals surface area contributed by atoms with Crippen molar-refractivity contribution in [3.05, 3.63) is 0 Å². The molecule has 1 heterocycles. The van der Waals surface area contributed by atoms with Gasteiger partial charge in [-0.05, 0) is 18.8 Å². The van der Waals surface area contributed by atoms with Crippen LogP contribution in [0.25, 0.3) is 0 Å². The second-order valence-corrected chi connectivity index (χ2v) is 4.16. The van der Waals surface area contributed by atoms with Crippen LogP contribution in [0.5, 0.6) is 0 Å². The lowest BCUT2D eigenvalue weighted by atomic mass is 9.82. The molecule has 0 aromatic carbocycles. The predicted molar refractivity (Wildman–Crippen MR) is 51.5 cm³/mol. The van der Waals surface area contributed by atoms with E-state index in [4.69, 9.17) is 0 Å². The molecule has 1 saturated carbocycles. The molecule has 0 atom stereocenters. The minimum absolute atomic E-state index is 0.133. The largest absolute Gasteiger partial charge is 0.336 e. The van der Waals surface area contributed by atoms with Crippen LogP contribution in [0.3, 0.4) is 0 Å². The number of hydrogen-bond acceptors (Lipinski definition) is 1. The third-order valence-corrected chi connectivity index (χ3v) is 3.21. The fraction of sp³-hybridized carbons (Fsp3) is 0.900. The summed E-state index contributed by atoms with van der Waals surface area (Å²) in [7, 11) is 0. The third-order valence-electron chi connectivity index (χ3n) is 3.21. The van der Waals surface area contributed by atoms with Crippen LogP contribution < -0.4 is 5.32 Å². The first-order valence-corrected chi connectivity index (χ1v) is 5.39. The number of rotatable bonds is 4. The first-order chi connectivity index (χ1) is 6.36. The van der Waals surface area contributed by atoms with Crippen LogP contribution in [-0.4, -0.2) is 30.6 Å². The third kappa shape index (κ3) is 2.14. The molecule has 2 amide bonds. The number of nitrogens with one attached hydrogen (secondary N) is 1. The van der Waals surface area contributed by atoms with Gasteiger partial charge in [-0.25, -0.2) is 4.79 Å². The lowest BCUT2D eigenvalue weighted by Gasteiger charge is -2.25. The van der Waals surface area contributed by atoms with Crippen molar-refractivity contribution in [1.29, 1.82) is 0 Å². The summed E-state index contributed by atoms with van der Waals surface area (Å²) >= 11 is 0. The summed E-state index contributed by atoms with van der Waals surface area (Å²) in [6.07, 6.45) is 6.79. The second kappa shape index (κ2) is 3.99. The molecule has 13 heavy (non-hydrogen) atoms. The Morgan fingerprint density at radius 3 is 2.85 bits per heavy atom. The summed E-state index contributed by atoms with van der Waals surface area (Å²) in [5.41, 5.74) is 0. The van der Waals surface area contributed by atoms with E-state index in [1.807, 2.05) is 4.90 Å². The molecule has 74 valence electrons. The molecule has 0 aromatic rings. The van der Waals surface area contributed by atoms with Gasteiger partial charge in [0.25, 0.3) is 0 Å². The molecule has 0 unspecified atom stereocenters. The van der Waals surface area contributed by atoms with Crippen molar-refractivity contribution in [1.82, 2.24) is 10.2 Å². The number of nitrogens with zero attached hydrogens (tertiary/aromatic N) is 1. The van der Waals surface area contributed by atoms with Gasteiger partial charge in [-0.2, -0.15) is 0 Å². The molecule has 0 aromatic heterocycles. The molecule has 2 fully saturated rings. The SMILES string of the molecule is O=C1NCCN1CCCC1CCC1. The Bertz CT molecular complexity index is 189. The fourth-order valence-corrected chi connectivity index (χ4v) is 2.08. The van der Waals surface area contributed by atoms with E-state index in [2.05, 4.69) is 5.32 Å². The zero-order valence-corrected chi connectivity index (χ0v) is 8.09. The molecule has 1 aliphatic carbocycles. The van der Waals surface area contributed by atoms with Gasteiger partial charge in [0.2, 0.25) is 0 Å². The van der Waals surface area contributed by atoms with Gasteiger partial charge in [0.05, 0.1) is 0 Å². The number of carbonyl (C=O) groups excluding carboxylic acids is 1. The summed E-state index contributed by atoms with van der Waals surface area (Å²) < 4.78 is 0. The van der Waals surface area contributed by atoms with Gasteiger partial charge in [0.1, 0.15) is 0 Å². The van der Waals surface area contributed by atoms with Crippen LogP contribution in [0.2, 0.25) is 0 Å². The highest BCUT2D eigenvalue weighted by molar-refractivity contribution is 5.76. The Kier molecular flexibility index (Phi) is 2.71. The minimum Gasteiger partial charge on any atom is -0.336 e. The van der Waals surface area contributed by atoms with Crippen molar-refractivity contribution in [3.8, 4) is 0 Å². The van der Waals surface area contributed by atoms with Crippen LogP contribution in [0.1, 0.15) is 32.1 Å². The maximum atomic E-state index is 11.1. The Hall–Kier alpha value is -0.730. The molecule has 2 rings (SSSR count). The molecular formula is C10H18N2O. The molecule has 3 heteroatoms. The van der Waals surface area contributed by atoms with Gasteiger partial charge in [-0.15, -0.1) is 0 Å².